The highest BCUT2D eigenvalue weighted by molar-refractivity contribution is 14.0. The molecular formula is C16H27IN4. The number of hydrogen-bond acceptors (Lipinski definition) is 2. The van der Waals surface area contributed by atoms with Crippen molar-refractivity contribution in [2.45, 2.75) is 25.4 Å². The third-order valence-corrected chi connectivity index (χ3v) is 3.85. The van der Waals surface area contributed by atoms with Gasteiger partial charge in [-0.15, -0.1) is 24.0 Å². The quantitative estimate of drug-likeness (QED) is 0.477. The highest BCUT2D eigenvalue weighted by Gasteiger charge is 2.20. The molecule has 0 amide bonds. The zero-order chi connectivity index (χ0) is 14.4. The van der Waals surface area contributed by atoms with Crippen LogP contribution in [0.4, 0.5) is 0 Å². The number of likely N-dealkylation sites (tertiary alicyclic amines) is 1. The largest absolute Gasteiger partial charge is 0.355 e. The molecular weight excluding hydrogens is 375 g/mol. The number of rotatable bonds is 4. The predicted molar refractivity (Wildman–Crippen MR) is 100 cm³/mol. The third kappa shape index (κ3) is 5.82. The molecule has 0 saturated carbocycles. The molecule has 1 N–H and O–H groups in total. The normalized spacial score (nSPS) is 19.2. The molecule has 1 aromatic carbocycles. The van der Waals surface area contributed by atoms with Crippen LogP contribution in [-0.2, 0) is 6.54 Å². The summed E-state index contributed by atoms with van der Waals surface area (Å²) in [6, 6.07) is 11.0. The van der Waals surface area contributed by atoms with E-state index < -0.39 is 0 Å². The van der Waals surface area contributed by atoms with E-state index in [2.05, 4.69) is 46.4 Å². The molecule has 1 atom stereocenters. The summed E-state index contributed by atoms with van der Waals surface area (Å²) in [5, 5.41) is 3.50. The Morgan fingerprint density at radius 1 is 1.33 bits per heavy atom. The highest BCUT2D eigenvalue weighted by atomic mass is 127. The minimum absolute atomic E-state index is 0. The number of likely N-dealkylation sites (N-methyl/N-ethyl adjacent to an activating group) is 1. The van der Waals surface area contributed by atoms with E-state index >= 15 is 0 Å². The Kier molecular flexibility index (Phi) is 8.03. The van der Waals surface area contributed by atoms with E-state index in [-0.39, 0.29) is 24.0 Å². The van der Waals surface area contributed by atoms with E-state index in [1.54, 1.807) is 0 Å². The van der Waals surface area contributed by atoms with Gasteiger partial charge in [-0.2, -0.15) is 0 Å². The number of hydrogen-bond donors (Lipinski definition) is 1. The van der Waals surface area contributed by atoms with Crippen molar-refractivity contribution in [1.29, 1.82) is 0 Å². The number of guanidine groups is 1. The molecule has 0 aliphatic carbocycles. The van der Waals surface area contributed by atoms with Crippen molar-refractivity contribution in [3.63, 3.8) is 0 Å². The van der Waals surface area contributed by atoms with Gasteiger partial charge in [-0.25, -0.2) is 4.99 Å². The molecule has 1 saturated heterocycles. The standard InChI is InChI=1S/C16H26N4.HI/c1-19(2)16(17-12-14-8-5-4-6-9-14)18-13-15-10-7-11-20(15)3;/h4-6,8-9,15H,7,10-13H2,1-3H3,(H,17,18);1H. The van der Waals surface area contributed by atoms with E-state index in [1.807, 2.05) is 20.2 Å². The Morgan fingerprint density at radius 3 is 2.62 bits per heavy atom. The van der Waals surface area contributed by atoms with Crippen LogP contribution in [-0.4, -0.2) is 56.0 Å². The summed E-state index contributed by atoms with van der Waals surface area (Å²) in [6.07, 6.45) is 2.59. The molecule has 21 heavy (non-hydrogen) atoms. The maximum Gasteiger partial charge on any atom is 0.193 e. The first-order chi connectivity index (χ1) is 9.66. The molecule has 0 aromatic heterocycles. The predicted octanol–water partition coefficient (Wildman–Crippen LogP) is 2.41. The van der Waals surface area contributed by atoms with Gasteiger partial charge in [0.2, 0.25) is 0 Å². The second-order valence-corrected chi connectivity index (χ2v) is 5.68. The van der Waals surface area contributed by atoms with Crippen LogP contribution in [0.3, 0.4) is 0 Å². The number of halogens is 1. The third-order valence-electron chi connectivity index (χ3n) is 3.85. The maximum absolute atomic E-state index is 4.69. The molecule has 118 valence electrons. The Balaban J connectivity index is 0.00000220. The van der Waals surface area contributed by atoms with Gasteiger partial charge in [0.05, 0.1) is 6.54 Å². The number of nitrogens with zero attached hydrogens (tertiary/aromatic N) is 3. The minimum Gasteiger partial charge on any atom is -0.355 e. The molecule has 0 radical (unpaired) electrons. The van der Waals surface area contributed by atoms with Gasteiger partial charge in [-0.3, -0.25) is 0 Å². The van der Waals surface area contributed by atoms with Crippen LogP contribution in [0.1, 0.15) is 18.4 Å². The first kappa shape index (κ1) is 18.2. The Hall–Kier alpha value is -0.820. The van der Waals surface area contributed by atoms with Crippen LogP contribution in [0.5, 0.6) is 0 Å². The number of benzene rings is 1. The summed E-state index contributed by atoms with van der Waals surface area (Å²) in [6.45, 7) is 2.91. The van der Waals surface area contributed by atoms with Crippen molar-refractivity contribution in [3.05, 3.63) is 35.9 Å². The fourth-order valence-corrected chi connectivity index (χ4v) is 2.55. The van der Waals surface area contributed by atoms with Gasteiger partial charge in [0.15, 0.2) is 5.96 Å². The summed E-state index contributed by atoms with van der Waals surface area (Å²) in [4.78, 5) is 9.17. The van der Waals surface area contributed by atoms with Crippen LogP contribution >= 0.6 is 24.0 Å². The van der Waals surface area contributed by atoms with E-state index in [9.17, 15) is 0 Å². The summed E-state index contributed by atoms with van der Waals surface area (Å²) >= 11 is 0. The lowest BCUT2D eigenvalue weighted by Crippen LogP contribution is -2.43. The maximum atomic E-state index is 4.69. The van der Waals surface area contributed by atoms with Gasteiger partial charge < -0.3 is 15.1 Å². The summed E-state index contributed by atoms with van der Waals surface area (Å²) in [5.74, 6) is 0.967. The van der Waals surface area contributed by atoms with E-state index in [1.165, 1.54) is 24.9 Å². The lowest BCUT2D eigenvalue weighted by Gasteiger charge is -2.23. The topological polar surface area (TPSA) is 30.9 Å². The molecule has 0 bridgehead atoms. The van der Waals surface area contributed by atoms with E-state index in [0.29, 0.717) is 6.04 Å². The summed E-state index contributed by atoms with van der Waals surface area (Å²) in [5.41, 5.74) is 1.24. The van der Waals surface area contributed by atoms with Gasteiger partial charge >= 0.3 is 0 Å². The second kappa shape index (κ2) is 9.25. The lowest BCUT2D eigenvalue weighted by atomic mass is 10.2. The molecule has 1 aromatic rings. The van der Waals surface area contributed by atoms with Gasteiger partial charge in [-0.05, 0) is 32.0 Å². The SMILES string of the molecule is CN(C)C(=NCc1ccccc1)NCC1CCCN1C.I. The van der Waals surface area contributed by atoms with Gasteiger partial charge in [-0.1, -0.05) is 30.3 Å². The molecule has 5 heteroatoms. The Morgan fingerprint density at radius 2 is 2.05 bits per heavy atom. The second-order valence-electron chi connectivity index (χ2n) is 5.68. The monoisotopic (exact) mass is 402 g/mol. The van der Waals surface area contributed by atoms with Crippen molar-refractivity contribution in [3.8, 4) is 0 Å². The summed E-state index contributed by atoms with van der Waals surface area (Å²) < 4.78 is 0. The van der Waals surface area contributed by atoms with Crippen LogP contribution in [0.15, 0.2) is 35.3 Å². The molecule has 1 aliphatic heterocycles. The van der Waals surface area contributed by atoms with Gasteiger partial charge in [0.25, 0.3) is 0 Å². The van der Waals surface area contributed by atoms with Gasteiger partial charge in [0.1, 0.15) is 0 Å². The zero-order valence-electron chi connectivity index (χ0n) is 13.2. The lowest BCUT2D eigenvalue weighted by molar-refractivity contribution is 0.308. The molecule has 4 nitrogen and oxygen atoms in total. The van der Waals surface area contributed by atoms with Crippen LogP contribution in [0.25, 0.3) is 0 Å². The molecule has 1 aliphatic rings. The fraction of sp³-hybridized carbons (Fsp3) is 0.562. The first-order valence-electron chi connectivity index (χ1n) is 7.36. The summed E-state index contributed by atoms with van der Waals surface area (Å²) in [7, 11) is 6.28. The zero-order valence-corrected chi connectivity index (χ0v) is 15.6. The first-order valence-corrected chi connectivity index (χ1v) is 7.36. The van der Waals surface area contributed by atoms with Crippen LogP contribution in [0, 0.1) is 0 Å². The minimum atomic E-state index is 0. The van der Waals surface area contributed by atoms with Crippen molar-refractivity contribution >= 4 is 29.9 Å². The van der Waals surface area contributed by atoms with Crippen molar-refractivity contribution < 1.29 is 0 Å². The van der Waals surface area contributed by atoms with Crippen LogP contribution < -0.4 is 5.32 Å². The van der Waals surface area contributed by atoms with Crippen LogP contribution in [0.2, 0.25) is 0 Å². The molecule has 2 rings (SSSR count). The van der Waals surface area contributed by atoms with Crippen molar-refractivity contribution in [1.82, 2.24) is 15.1 Å². The fourth-order valence-electron chi connectivity index (χ4n) is 2.55. The van der Waals surface area contributed by atoms with E-state index in [0.717, 1.165) is 19.0 Å². The number of aliphatic imine (C=N–C) groups is 1. The van der Waals surface area contributed by atoms with Crippen molar-refractivity contribution in [2.75, 3.05) is 34.2 Å². The van der Waals surface area contributed by atoms with E-state index in [4.69, 9.17) is 4.99 Å². The average Bonchev–Trinajstić information content (AvgIpc) is 2.85. The molecule has 0 spiro atoms. The Bertz CT molecular complexity index is 433. The molecule has 1 fully saturated rings. The molecule has 1 unspecified atom stereocenters. The highest BCUT2D eigenvalue weighted by Crippen LogP contribution is 2.13. The smallest absolute Gasteiger partial charge is 0.193 e. The molecule has 1 heterocycles. The average molecular weight is 402 g/mol. The Labute approximate surface area is 145 Å². The van der Waals surface area contributed by atoms with Crippen molar-refractivity contribution in [2.24, 2.45) is 4.99 Å². The van der Waals surface area contributed by atoms with Gasteiger partial charge in [0, 0.05) is 26.7 Å². The number of nitrogens with one attached hydrogen (secondary N) is 1.